The Kier molecular flexibility index (Phi) is 7.38. The molecule has 4 rings (SSSR count). The first-order chi connectivity index (χ1) is 17.5. The molecule has 0 unspecified atom stereocenters. The Labute approximate surface area is 214 Å². The van der Waals surface area contributed by atoms with Crippen molar-refractivity contribution in [1.82, 2.24) is 20.0 Å². The molecular formula is C27H32F2N4O4. The third-order valence-electron chi connectivity index (χ3n) is 6.35. The summed E-state index contributed by atoms with van der Waals surface area (Å²) in [5.41, 5.74) is -0.285. The number of hydrogen-bond donors (Lipinski definition) is 2. The highest BCUT2D eigenvalue weighted by molar-refractivity contribution is 5.95. The number of carbonyl (C=O) groups is 2. The lowest BCUT2D eigenvalue weighted by molar-refractivity contribution is 0.0452. The number of carbonyl (C=O) groups excluding carboxylic acids is 2. The minimum atomic E-state index is -0.702. The van der Waals surface area contributed by atoms with Gasteiger partial charge in [-0.1, -0.05) is 18.9 Å². The van der Waals surface area contributed by atoms with Gasteiger partial charge in [0.05, 0.1) is 16.8 Å². The number of nitrogens with one attached hydrogen (secondary N) is 2. The van der Waals surface area contributed by atoms with E-state index in [0.717, 1.165) is 25.7 Å². The number of alkyl carbamates (subject to hydrolysis) is 1. The summed E-state index contributed by atoms with van der Waals surface area (Å²) in [6, 6.07) is 6.91. The third-order valence-corrected chi connectivity index (χ3v) is 6.35. The van der Waals surface area contributed by atoms with Gasteiger partial charge in [0, 0.05) is 12.7 Å². The molecule has 1 fully saturated rings. The van der Waals surface area contributed by atoms with Crippen LogP contribution in [-0.4, -0.2) is 39.1 Å². The smallest absolute Gasteiger partial charge is 0.408 e. The summed E-state index contributed by atoms with van der Waals surface area (Å²) < 4.78 is 40.7. The molecule has 10 heteroatoms. The zero-order valence-corrected chi connectivity index (χ0v) is 21.5. The van der Waals surface area contributed by atoms with Crippen molar-refractivity contribution in [2.75, 3.05) is 6.54 Å². The Bertz CT molecular complexity index is 1290. The first-order valence-corrected chi connectivity index (χ1v) is 12.3. The van der Waals surface area contributed by atoms with E-state index < -0.39 is 28.9 Å². The summed E-state index contributed by atoms with van der Waals surface area (Å²) >= 11 is 0. The fraction of sp³-hybridized carbons (Fsp3) is 0.444. The van der Waals surface area contributed by atoms with Gasteiger partial charge >= 0.3 is 6.09 Å². The molecule has 2 N–H and O–H groups in total. The average Bonchev–Trinajstić information content (AvgIpc) is 3.40. The van der Waals surface area contributed by atoms with Gasteiger partial charge in [0.1, 0.15) is 29.5 Å². The maximum Gasteiger partial charge on any atom is 0.408 e. The van der Waals surface area contributed by atoms with Crippen LogP contribution in [0, 0.1) is 18.6 Å². The van der Waals surface area contributed by atoms with E-state index in [1.54, 1.807) is 50.4 Å². The molecule has 2 heterocycles. The highest BCUT2D eigenvalue weighted by atomic mass is 19.1. The van der Waals surface area contributed by atoms with Crippen LogP contribution in [0.25, 0.3) is 5.65 Å². The lowest BCUT2D eigenvalue weighted by Gasteiger charge is -2.32. The predicted molar refractivity (Wildman–Crippen MR) is 134 cm³/mol. The predicted octanol–water partition coefficient (Wildman–Crippen LogP) is 5.07. The molecule has 8 nitrogen and oxygen atoms in total. The first kappa shape index (κ1) is 26.4. The van der Waals surface area contributed by atoms with Crippen LogP contribution in [0.5, 0.6) is 5.75 Å². The lowest BCUT2D eigenvalue weighted by Crippen LogP contribution is -2.55. The number of rotatable bonds is 7. The van der Waals surface area contributed by atoms with Crippen LogP contribution in [0.15, 0.2) is 36.5 Å². The normalized spacial score (nSPS) is 15.0. The molecule has 0 radical (unpaired) electrons. The number of benzene rings is 1. The van der Waals surface area contributed by atoms with E-state index in [4.69, 9.17) is 9.47 Å². The van der Waals surface area contributed by atoms with Gasteiger partial charge in [-0.05, 0) is 64.8 Å². The second kappa shape index (κ2) is 10.4. The lowest BCUT2D eigenvalue weighted by atomic mass is 9.97. The molecule has 0 atom stereocenters. The number of pyridine rings is 1. The Morgan fingerprint density at radius 3 is 2.43 bits per heavy atom. The number of amides is 2. The van der Waals surface area contributed by atoms with Crippen molar-refractivity contribution in [2.45, 2.75) is 71.1 Å². The van der Waals surface area contributed by atoms with Gasteiger partial charge < -0.3 is 20.1 Å². The third kappa shape index (κ3) is 6.00. The van der Waals surface area contributed by atoms with Crippen molar-refractivity contribution in [3.05, 3.63) is 65.1 Å². The van der Waals surface area contributed by atoms with E-state index >= 15 is 0 Å². The van der Waals surface area contributed by atoms with E-state index in [1.165, 1.54) is 18.2 Å². The number of aromatic nitrogens is 2. The Balaban J connectivity index is 1.50. The summed E-state index contributed by atoms with van der Waals surface area (Å²) in [7, 11) is 0. The fourth-order valence-electron chi connectivity index (χ4n) is 4.61. The maximum atomic E-state index is 14.0. The molecule has 1 saturated carbocycles. The van der Waals surface area contributed by atoms with Gasteiger partial charge in [0.25, 0.3) is 5.91 Å². The molecule has 2 aromatic heterocycles. The second-order valence-electron chi connectivity index (χ2n) is 10.4. The quantitative estimate of drug-likeness (QED) is 0.459. The standard InChI is InChI=1S/C27H32F2N4O4/c1-17-22(24(34)30-16-27(12-5-6-13-27)32-25(35)37-26(2,3)4)33-14-8-11-21(23(33)31-17)36-15-18-19(28)9-7-10-20(18)29/h7-11,14H,5-6,12-13,15-16H2,1-4H3,(H,30,34)(H,32,35). The molecule has 0 spiro atoms. The minimum absolute atomic E-state index is 0.190. The molecule has 1 aliphatic rings. The van der Waals surface area contributed by atoms with Crippen LogP contribution in [0.1, 0.15) is 68.2 Å². The van der Waals surface area contributed by atoms with E-state index in [1.807, 2.05) is 0 Å². The number of aryl methyl sites for hydroxylation is 1. The first-order valence-electron chi connectivity index (χ1n) is 12.3. The molecule has 198 valence electrons. The monoisotopic (exact) mass is 514 g/mol. The van der Waals surface area contributed by atoms with Crippen LogP contribution < -0.4 is 15.4 Å². The highest BCUT2D eigenvalue weighted by Gasteiger charge is 2.37. The van der Waals surface area contributed by atoms with Crippen LogP contribution in [-0.2, 0) is 11.3 Å². The Hall–Kier alpha value is -3.69. The molecule has 0 bridgehead atoms. The SMILES string of the molecule is Cc1nc2c(OCc3c(F)cccc3F)cccn2c1C(=O)NCC1(NC(=O)OC(C)(C)C)CCCC1. The van der Waals surface area contributed by atoms with Crippen LogP contribution in [0.3, 0.4) is 0 Å². The van der Waals surface area contributed by atoms with Gasteiger partial charge in [0.15, 0.2) is 11.4 Å². The van der Waals surface area contributed by atoms with Gasteiger partial charge in [-0.25, -0.2) is 18.6 Å². The average molecular weight is 515 g/mol. The van der Waals surface area contributed by atoms with Gasteiger partial charge in [-0.15, -0.1) is 0 Å². The summed E-state index contributed by atoms with van der Waals surface area (Å²) in [4.78, 5) is 30.2. The molecule has 2 amide bonds. The van der Waals surface area contributed by atoms with E-state index in [-0.39, 0.29) is 30.4 Å². The highest BCUT2D eigenvalue weighted by Crippen LogP contribution is 2.30. The molecule has 1 aliphatic carbocycles. The molecule has 3 aromatic rings. The summed E-state index contributed by atoms with van der Waals surface area (Å²) in [5, 5.41) is 5.92. The molecule has 0 saturated heterocycles. The van der Waals surface area contributed by atoms with Crippen molar-refractivity contribution < 1.29 is 27.8 Å². The van der Waals surface area contributed by atoms with Gasteiger partial charge in [-0.2, -0.15) is 0 Å². The Morgan fingerprint density at radius 2 is 1.78 bits per heavy atom. The van der Waals surface area contributed by atoms with Crippen molar-refractivity contribution in [3.63, 3.8) is 0 Å². The van der Waals surface area contributed by atoms with Crippen molar-refractivity contribution in [3.8, 4) is 5.75 Å². The number of halogens is 2. The van der Waals surface area contributed by atoms with Crippen LogP contribution in [0.2, 0.25) is 0 Å². The van der Waals surface area contributed by atoms with E-state index in [0.29, 0.717) is 17.0 Å². The molecule has 37 heavy (non-hydrogen) atoms. The molecular weight excluding hydrogens is 482 g/mol. The van der Waals surface area contributed by atoms with Crippen LogP contribution in [0.4, 0.5) is 13.6 Å². The van der Waals surface area contributed by atoms with Crippen LogP contribution >= 0.6 is 0 Å². The van der Waals surface area contributed by atoms with Gasteiger partial charge in [0.2, 0.25) is 0 Å². The number of nitrogens with zero attached hydrogens (tertiary/aromatic N) is 2. The van der Waals surface area contributed by atoms with Crippen molar-refractivity contribution in [1.29, 1.82) is 0 Å². The van der Waals surface area contributed by atoms with E-state index in [2.05, 4.69) is 15.6 Å². The zero-order chi connectivity index (χ0) is 26.8. The minimum Gasteiger partial charge on any atom is -0.485 e. The number of ether oxygens (including phenoxy) is 2. The number of imidazole rings is 1. The number of fused-ring (bicyclic) bond motifs is 1. The zero-order valence-electron chi connectivity index (χ0n) is 21.5. The summed E-state index contributed by atoms with van der Waals surface area (Å²) in [6.07, 6.45) is 4.48. The summed E-state index contributed by atoms with van der Waals surface area (Å²) in [5.74, 6) is -1.48. The van der Waals surface area contributed by atoms with E-state index in [9.17, 15) is 18.4 Å². The fourth-order valence-corrected chi connectivity index (χ4v) is 4.61. The van der Waals surface area contributed by atoms with Gasteiger partial charge in [-0.3, -0.25) is 9.20 Å². The largest absolute Gasteiger partial charge is 0.485 e. The number of hydrogen-bond acceptors (Lipinski definition) is 5. The van der Waals surface area contributed by atoms with Crippen molar-refractivity contribution in [2.24, 2.45) is 0 Å². The molecule has 1 aromatic carbocycles. The van der Waals surface area contributed by atoms with Crippen molar-refractivity contribution >= 4 is 17.6 Å². The topological polar surface area (TPSA) is 94.0 Å². The summed E-state index contributed by atoms with van der Waals surface area (Å²) in [6.45, 7) is 7.01. The maximum absolute atomic E-state index is 14.0. The Morgan fingerprint density at radius 1 is 1.11 bits per heavy atom. The second-order valence-corrected chi connectivity index (χ2v) is 10.4. The molecule has 0 aliphatic heterocycles.